The molecule has 1 radical (unpaired) electrons. The number of hydrogen-bond donors (Lipinski definition) is 0. The molecule has 2 rings (SSSR count). The third-order valence-electron chi connectivity index (χ3n) is 4.68. The first kappa shape index (κ1) is 38.3. The van der Waals surface area contributed by atoms with Crippen molar-refractivity contribution in [3.63, 3.8) is 0 Å². The second kappa shape index (κ2) is 15.8. The molecule has 0 bridgehead atoms. The van der Waals surface area contributed by atoms with Crippen LogP contribution in [0, 0.1) is 31.1 Å². The molecule has 2 aliphatic rings. The average molecular weight is 814 g/mol. The van der Waals surface area contributed by atoms with Crippen molar-refractivity contribution in [2.75, 3.05) is 20.0 Å². The van der Waals surface area contributed by atoms with Crippen LogP contribution in [0.15, 0.2) is 49.1 Å². The van der Waals surface area contributed by atoms with Gasteiger partial charge in [-0.2, -0.15) is 0 Å². The summed E-state index contributed by atoms with van der Waals surface area (Å²) in [6.07, 6.45) is 1.26. The van der Waals surface area contributed by atoms with E-state index in [1.54, 1.807) is 37.0 Å². The molecule has 2 fully saturated rings. The minimum Gasteiger partial charge on any atom is -0.410 e. The predicted octanol–water partition coefficient (Wildman–Crippen LogP) is 5.24. The maximum Gasteiger partial charge on any atom is 0.405 e. The van der Waals surface area contributed by atoms with Crippen LogP contribution in [0.1, 0.15) is 13.8 Å². The van der Waals surface area contributed by atoms with Crippen molar-refractivity contribution in [3.8, 4) is 0 Å². The fourth-order valence-corrected chi connectivity index (χ4v) is 26.1. The van der Waals surface area contributed by atoms with E-state index in [9.17, 15) is 0 Å². The first-order chi connectivity index (χ1) is 13.4. The fourth-order valence-electron chi connectivity index (χ4n) is 3.02. The average Bonchev–Trinajstić information content (AvgIpc) is 3.17. The van der Waals surface area contributed by atoms with Crippen molar-refractivity contribution in [3.05, 3.63) is 49.1 Å². The Bertz CT molecular complexity index is 533. The second-order valence-corrected chi connectivity index (χ2v) is 26.5. The quantitative estimate of drug-likeness (QED) is 0.341. The Labute approximate surface area is 241 Å². The van der Waals surface area contributed by atoms with Gasteiger partial charge in [0.05, 0.1) is 0 Å². The zero-order valence-corrected chi connectivity index (χ0v) is 30.9. The van der Waals surface area contributed by atoms with E-state index in [4.69, 9.17) is 25.3 Å². The zero-order valence-electron chi connectivity index (χ0n) is 19.6. The van der Waals surface area contributed by atoms with Crippen molar-refractivity contribution < 1.29 is 75.0 Å². The van der Waals surface area contributed by atoms with Gasteiger partial charge in [0, 0.05) is 69.9 Å². The van der Waals surface area contributed by atoms with Gasteiger partial charge >= 0.3 is 42.0 Å². The van der Waals surface area contributed by atoms with Gasteiger partial charge in [-0.25, -0.2) is 0 Å². The summed E-state index contributed by atoms with van der Waals surface area (Å²) in [5.41, 5.74) is 7.01. The zero-order chi connectivity index (χ0) is 22.4. The van der Waals surface area contributed by atoms with E-state index < -0.39 is 42.0 Å². The molecule has 0 amide bonds. The van der Waals surface area contributed by atoms with Gasteiger partial charge in [0.1, 0.15) is 0 Å². The van der Waals surface area contributed by atoms with E-state index in [2.05, 4.69) is 26.3 Å². The number of hydrogen-bond acceptors (Lipinski definition) is 7. The van der Waals surface area contributed by atoms with E-state index in [0.29, 0.717) is 0 Å². The van der Waals surface area contributed by atoms with Crippen LogP contribution in [0.4, 0.5) is 0 Å². The van der Waals surface area contributed by atoms with Gasteiger partial charge in [0.2, 0.25) is 0 Å². The summed E-state index contributed by atoms with van der Waals surface area (Å²) in [6.45, 7) is 23.2. The van der Waals surface area contributed by atoms with Crippen LogP contribution < -0.4 is 0 Å². The molecule has 14 heteroatoms. The molecule has 0 atom stereocenters. The van der Waals surface area contributed by atoms with Gasteiger partial charge in [0.15, 0.2) is 0 Å². The Morgan fingerprint density at radius 1 is 0.719 bits per heavy atom. The summed E-state index contributed by atoms with van der Waals surface area (Å²) in [5, 5.41) is 0. The topological polar surface area (TPSA) is 55.4 Å². The van der Waals surface area contributed by atoms with E-state index in [1.807, 2.05) is 37.4 Å². The van der Waals surface area contributed by atoms with Crippen molar-refractivity contribution in [1.82, 2.24) is 0 Å². The molecule has 2 heterocycles. The molecule has 0 aliphatic carbocycles. The Balaban J connectivity index is -0.000000597. The summed E-state index contributed by atoms with van der Waals surface area (Å²) in [4.78, 5) is 0. The Hall–Kier alpha value is 1.79. The molecule has 2 saturated heterocycles. The van der Waals surface area contributed by atoms with Crippen LogP contribution in [0.25, 0.3) is 0 Å². The van der Waals surface area contributed by atoms with Gasteiger partial charge in [-0.15, -0.1) is 37.5 Å². The fraction of sp³-hybridized carbons (Fsp3) is 0.556. The smallest absolute Gasteiger partial charge is 0.405 e. The molecule has 0 aromatic carbocycles. The van der Waals surface area contributed by atoms with E-state index >= 15 is 0 Å². The normalized spacial score (nSPS) is 35.6. The van der Waals surface area contributed by atoms with E-state index in [1.165, 1.54) is 12.2 Å². The van der Waals surface area contributed by atoms with Gasteiger partial charge in [0.25, 0.3) is 0 Å². The van der Waals surface area contributed by atoms with Crippen LogP contribution >= 0.6 is 11.2 Å². The van der Waals surface area contributed by atoms with Crippen LogP contribution in [0.2, 0.25) is 32.2 Å². The summed E-state index contributed by atoms with van der Waals surface area (Å²) in [6, 6.07) is 1.16. The largest absolute Gasteiger partial charge is 0.410 e. The molecule has 32 heavy (non-hydrogen) atoms. The molecular weight excluding hydrogens is 774 g/mol. The van der Waals surface area contributed by atoms with Crippen LogP contribution in [0.3, 0.4) is 0 Å². The van der Waals surface area contributed by atoms with Gasteiger partial charge < -0.3 is 25.3 Å². The second-order valence-electron chi connectivity index (χ2n) is 7.33. The minimum absolute atomic E-state index is 0. The third kappa shape index (κ3) is 10.8. The molecule has 0 saturated carbocycles. The first-order valence-corrected chi connectivity index (χ1v) is 22.8. The third-order valence-corrected chi connectivity index (χ3v) is 27.3. The van der Waals surface area contributed by atoms with Gasteiger partial charge in [-0.1, -0.05) is 30.2 Å². The molecular formula is C18H40O6SSi5UV. The summed E-state index contributed by atoms with van der Waals surface area (Å²) in [7, 11) is -8.54. The Morgan fingerprint density at radius 2 is 1.00 bits per heavy atom. The van der Waals surface area contributed by atoms with E-state index in [-0.39, 0.29) is 57.1 Å². The van der Waals surface area contributed by atoms with Crippen LogP contribution in [0.5, 0.6) is 0 Å². The predicted molar refractivity (Wildman–Crippen MR) is 140 cm³/mol. The molecule has 2 aliphatic heterocycles. The van der Waals surface area contributed by atoms with Crippen molar-refractivity contribution in [1.29, 1.82) is 0 Å². The summed E-state index contributed by atoms with van der Waals surface area (Å²) >= 11 is 1.88. The maximum absolute atomic E-state index is 6.25. The standard InChI is InChI=1S/C12H24O4Si4.C5H12O2SSi.CH4.U.V/c1-9-17(5)13-18(6,10-2)15-20(8,12-4)16-19(7,11-3)14-17;1-6-9(7-2)5-3-4-8-9;;;/h9-12H,1-4H2,5-8H3;3-5H2,1-2H3;1H4;;. The van der Waals surface area contributed by atoms with Crippen LogP contribution in [-0.4, -0.2) is 61.9 Å². The minimum atomic E-state index is -2.60. The molecule has 0 N–H and O–H groups in total. The van der Waals surface area contributed by atoms with Crippen molar-refractivity contribution in [2.45, 2.75) is 46.1 Å². The molecule has 0 unspecified atom stereocenters. The van der Waals surface area contributed by atoms with E-state index in [0.717, 1.165) is 6.04 Å². The summed E-state index contributed by atoms with van der Waals surface area (Å²) in [5.74, 6) is 1.22. The van der Waals surface area contributed by atoms with Gasteiger partial charge in [-0.05, 0) is 38.4 Å². The SMILES string of the molecule is C.C=C[Si]1(C)O[Si](C)(C=C)O[Si](C)(C=C)O[Si](C)(C=C)O1.CO[Si]1(OC)CCCS1.[U].[V]. The first-order valence-electron chi connectivity index (χ1n) is 9.49. The number of rotatable bonds is 6. The Morgan fingerprint density at radius 3 is 1.12 bits per heavy atom. The van der Waals surface area contributed by atoms with Gasteiger partial charge in [-0.3, -0.25) is 0 Å². The monoisotopic (exact) mass is 813 g/mol. The molecule has 0 aromatic rings. The maximum atomic E-state index is 6.25. The van der Waals surface area contributed by atoms with Crippen LogP contribution in [-0.2, 0) is 43.9 Å². The summed E-state index contributed by atoms with van der Waals surface area (Å²) < 4.78 is 35.7. The Kier molecular flexibility index (Phi) is 18.9. The molecule has 6 nitrogen and oxygen atoms in total. The van der Waals surface area contributed by atoms with Crippen molar-refractivity contribution in [2.24, 2.45) is 0 Å². The van der Waals surface area contributed by atoms with Crippen molar-refractivity contribution >= 4 is 53.2 Å². The molecule has 183 valence electrons. The molecule has 0 aromatic heterocycles. The molecule has 0 spiro atoms.